The van der Waals surface area contributed by atoms with E-state index < -0.39 is 17.6 Å². The Balaban J connectivity index is 0. The number of carboxylic acids is 1. The van der Waals surface area contributed by atoms with Gasteiger partial charge in [-0.25, -0.2) is 4.79 Å². The van der Waals surface area contributed by atoms with Gasteiger partial charge < -0.3 is 19.5 Å². The number of carbonyl (C=O) groups excluding carboxylic acids is 2. The highest BCUT2D eigenvalue weighted by Gasteiger charge is 2.24. The van der Waals surface area contributed by atoms with Gasteiger partial charge in [-0.1, -0.05) is 6.92 Å². The van der Waals surface area contributed by atoms with Gasteiger partial charge in [0.15, 0.2) is 0 Å². The first kappa shape index (κ1) is 27.4. The van der Waals surface area contributed by atoms with Gasteiger partial charge in [-0.05, 0) is 61.9 Å². The van der Waals surface area contributed by atoms with Crippen LogP contribution < -0.4 is 0 Å². The number of carbonyl (C=O) groups is 3. The SMILES string of the molecule is CC(C)(C)OC=O.CCN(CCN(C)C(C)C(=O)O)C(=O)OC(C)(C)CC. The molecule has 8 heteroatoms. The molecule has 1 N–H and O–H groups in total. The molecule has 0 aliphatic rings. The second-order valence-corrected chi connectivity index (χ2v) is 7.88. The van der Waals surface area contributed by atoms with E-state index in [1.807, 2.05) is 48.5 Å². The van der Waals surface area contributed by atoms with Gasteiger partial charge in [0.1, 0.15) is 17.2 Å². The number of hydrogen-bond acceptors (Lipinski definition) is 6. The van der Waals surface area contributed by atoms with Gasteiger partial charge in [0, 0.05) is 19.6 Å². The summed E-state index contributed by atoms with van der Waals surface area (Å²) in [4.78, 5) is 35.8. The Kier molecular flexibility index (Phi) is 12.7. The maximum absolute atomic E-state index is 12.0. The highest BCUT2D eigenvalue weighted by atomic mass is 16.6. The Hall–Kier alpha value is -1.83. The Bertz CT molecular complexity index is 460. The molecule has 8 nitrogen and oxygen atoms in total. The van der Waals surface area contributed by atoms with Crippen LogP contribution in [0.25, 0.3) is 0 Å². The first-order valence-electron chi connectivity index (χ1n) is 9.23. The average molecular weight is 391 g/mol. The van der Waals surface area contributed by atoms with Crippen molar-refractivity contribution in [3.05, 3.63) is 0 Å². The van der Waals surface area contributed by atoms with Crippen molar-refractivity contribution in [1.82, 2.24) is 9.80 Å². The molecule has 160 valence electrons. The monoisotopic (exact) mass is 390 g/mol. The first-order valence-corrected chi connectivity index (χ1v) is 9.23. The van der Waals surface area contributed by atoms with Crippen LogP contribution in [0.15, 0.2) is 0 Å². The molecule has 1 atom stereocenters. The smallest absolute Gasteiger partial charge is 0.410 e. The molecule has 0 bridgehead atoms. The van der Waals surface area contributed by atoms with Crippen LogP contribution in [-0.4, -0.2) is 77.4 Å². The van der Waals surface area contributed by atoms with Crippen molar-refractivity contribution in [2.45, 2.75) is 79.1 Å². The van der Waals surface area contributed by atoms with Crippen molar-refractivity contribution < 1.29 is 29.0 Å². The lowest BCUT2D eigenvalue weighted by atomic mass is 10.1. The van der Waals surface area contributed by atoms with Crippen LogP contribution in [0.2, 0.25) is 0 Å². The van der Waals surface area contributed by atoms with Gasteiger partial charge >= 0.3 is 12.1 Å². The summed E-state index contributed by atoms with van der Waals surface area (Å²) in [6.07, 6.45) is 0.391. The van der Waals surface area contributed by atoms with Crippen LogP contribution in [0, 0.1) is 0 Å². The topological polar surface area (TPSA) is 96.4 Å². The summed E-state index contributed by atoms with van der Waals surface area (Å²) in [7, 11) is 1.73. The zero-order chi connectivity index (χ0) is 21.8. The molecular weight excluding hydrogens is 352 g/mol. The van der Waals surface area contributed by atoms with Gasteiger partial charge in [-0.15, -0.1) is 0 Å². The van der Waals surface area contributed by atoms with E-state index >= 15 is 0 Å². The molecule has 0 saturated carbocycles. The predicted octanol–water partition coefficient (Wildman–Crippen LogP) is 3.00. The number of aliphatic carboxylic acids is 1. The molecule has 0 aliphatic carbocycles. The van der Waals surface area contributed by atoms with Gasteiger partial charge in [-0.3, -0.25) is 14.5 Å². The van der Waals surface area contributed by atoms with E-state index in [9.17, 15) is 14.4 Å². The molecular formula is C19H38N2O6. The van der Waals surface area contributed by atoms with Crippen LogP contribution >= 0.6 is 0 Å². The Morgan fingerprint density at radius 2 is 1.63 bits per heavy atom. The molecule has 1 unspecified atom stereocenters. The van der Waals surface area contributed by atoms with Gasteiger partial charge in [0.25, 0.3) is 6.47 Å². The van der Waals surface area contributed by atoms with Crippen molar-refractivity contribution in [3.63, 3.8) is 0 Å². The largest absolute Gasteiger partial charge is 0.480 e. The van der Waals surface area contributed by atoms with Gasteiger partial charge in [0.2, 0.25) is 0 Å². The third-order valence-electron chi connectivity index (χ3n) is 4.00. The molecule has 0 aromatic rings. The molecule has 0 spiro atoms. The summed E-state index contributed by atoms with van der Waals surface area (Å²) in [5, 5.41) is 8.92. The first-order chi connectivity index (χ1) is 12.2. The number of rotatable bonds is 9. The molecule has 0 rings (SSSR count). The zero-order valence-corrected chi connectivity index (χ0v) is 18.4. The van der Waals surface area contributed by atoms with Crippen molar-refractivity contribution in [3.8, 4) is 0 Å². The van der Waals surface area contributed by atoms with E-state index in [1.165, 1.54) is 0 Å². The number of amides is 1. The maximum Gasteiger partial charge on any atom is 0.410 e. The molecule has 0 radical (unpaired) electrons. The normalized spacial score (nSPS) is 12.5. The fraction of sp³-hybridized carbons (Fsp3) is 0.842. The van der Waals surface area contributed by atoms with Crippen LogP contribution in [0.3, 0.4) is 0 Å². The van der Waals surface area contributed by atoms with Crippen molar-refractivity contribution in [2.24, 2.45) is 0 Å². The highest BCUT2D eigenvalue weighted by Crippen LogP contribution is 2.15. The summed E-state index contributed by atoms with van der Waals surface area (Å²) in [5.41, 5.74) is -0.799. The summed E-state index contributed by atoms with van der Waals surface area (Å²) in [6, 6.07) is -0.572. The number of carboxylic acid groups (broad SMARTS) is 1. The van der Waals surface area contributed by atoms with Crippen LogP contribution in [0.4, 0.5) is 4.79 Å². The Morgan fingerprint density at radius 1 is 1.11 bits per heavy atom. The highest BCUT2D eigenvalue weighted by molar-refractivity contribution is 5.72. The minimum absolute atomic E-state index is 0.318. The van der Waals surface area contributed by atoms with Crippen LogP contribution in [0.1, 0.15) is 61.8 Å². The van der Waals surface area contributed by atoms with Crippen molar-refractivity contribution >= 4 is 18.5 Å². The standard InChI is InChI=1S/C14H28N2O4.C5H10O2/c1-7-14(4,5)20-13(19)16(8-2)10-9-15(6)11(3)12(17)18;1-5(2,3)7-4-6/h11H,7-10H2,1-6H3,(H,17,18);4H,1-3H3. The Labute approximate surface area is 163 Å². The van der Waals surface area contributed by atoms with Gasteiger partial charge in [0.05, 0.1) is 0 Å². The van der Waals surface area contributed by atoms with E-state index in [0.717, 1.165) is 6.42 Å². The molecule has 0 fully saturated rings. The zero-order valence-electron chi connectivity index (χ0n) is 18.4. The number of ether oxygens (including phenoxy) is 2. The number of hydrogen-bond donors (Lipinski definition) is 1. The van der Waals surface area contributed by atoms with E-state index in [4.69, 9.17) is 9.84 Å². The number of nitrogens with zero attached hydrogens (tertiary/aromatic N) is 2. The second kappa shape index (κ2) is 12.5. The molecule has 0 saturated heterocycles. The quantitative estimate of drug-likeness (QED) is 0.605. The fourth-order valence-electron chi connectivity index (χ4n) is 1.56. The fourth-order valence-corrected chi connectivity index (χ4v) is 1.56. The second-order valence-electron chi connectivity index (χ2n) is 7.88. The van der Waals surface area contributed by atoms with Crippen LogP contribution in [-0.2, 0) is 19.1 Å². The van der Waals surface area contributed by atoms with Gasteiger partial charge in [-0.2, -0.15) is 0 Å². The van der Waals surface area contributed by atoms with E-state index in [0.29, 0.717) is 26.1 Å². The lowest BCUT2D eigenvalue weighted by molar-refractivity contribution is -0.142. The minimum atomic E-state index is -0.870. The van der Waals surface area contributed by atoms with Crippen LogP contribution in [0.5, 0.6) is 0 Å². The van der Waals surface area contributed by atoms with E-state index in [-0.39, 0.29) is 11.7 Å². The average Bonchev–Trinajstić information content (AvgIpc) is 2.53. The molecule has 0 aliphatic heterocycles. The summed E-state index contributed by atoms with van der Waals surface area (Å²) >= 11 is 0. The maximum atomic E-state index is 12.0. The van der Waals surface area contributed by atoms with Crippen molar-refractivity contribution in [1.29, 1.82) is 0 Å². The Morgan fingerprint density at radius 3 is 1.93 bits per heavy atom. The van der Waals surface area contributed by atoms with E-state index in [1.54, 1.807) is 23.8 Å². The molecule has 0 aromatic carbocycles. The molecule has 27 heavy (non-hydrogen) atoms. The lowest BCUT2D eigenvalue weighted by Gasteiger charge is -2.30. The molecule has 1 amide bonds. The summed E-state index contributed by atoms with van der Waals surface area (Å²) < 4.78 is 9.98. The third-order valence-corrected chi connectivity index (χ3v) is 4.00. The minimum Gasteiger partial charge on any atom is -0.480 e. The summed E-state index contributed by atoms with van der Waals surface area (Å²) in [6.45, 7) is 16.6. The molecule has 0 aromatic heterocycles. The van der Waals surface area contributed by atoms with E-state index in [2.05, 4.69) is 4.74 Å². The lowest BCUT2D eigenvalue weighted by Crippen LogP contribution is -2.44. The third kappa shape index (κ3) is 14.0. The number of likely N-dealkylation sites (N-methyl/N-ethyl adjacent to an activating group) is 2. The van der Waals surface area contributed by atoms with Crippen molar-refractivity contribution in [2.75, 3.05) is 26.7 Å². The molecule has 0 heterocycles. The predicted molar refractivity (Wildman–Crippen MR) is 105 cm³/mol. The summed E-state index contributed by atoms with van der Waals surface area (Å²) in [5.74, 6) is -0.870.